The summed E-state index contributed by atoms with van der Waals surface area (Å²) in [6.07, 6.45) is 0. The van der Waals surface area contributed by atoms with Crippen LogP contribution in [-0.4, -0.2) is 62.9 Å². The largest absolute Gasteiger partial charge is 0.339 e. The van der Waals surface area contributed by atoms with Gasteiger partial charge in [0.1, 0.15) is 12.1 Å². The third-order valence-corrected chi connectivity index (χ3v) is 4.31. The van der Waals surface area contributed by atoms with Crippen molar-refractivity contribution in [3.05, 3.63) is 34.6 Å². The Labute approximate surface area is 134 Å². The van der Waals surface area contributed by atoms with Crippen LogP contribution in [0.2, 0.25) is 0 Å². The molecule has 3 rings (SSSR count). The van der Waals surface area contributed by atoms with Crippen LogP contribution in [0.4, 0.5) is 0 Å². The molecule has 7 nitrogen and oxygen atoms in total. The van der Waals surface area contributed by atoms with Gasteiger partial charge in [-0.25, -0.2) is 4.68 Å². The molecule has 7 heteroatoms. The molecule has 2 heterocycles. The molecular formula is C16H21N5O2. The van der Waals surface area contributed by atoms with Crippen molar-refractivity contribution in [3.63, 3.8) is 0 Å². The number of carbonyl (C=O) groups is 1. The number of hydrogen-bond acceptors (Lipinski definition) is 5. The molecule has 0 aliphatic carbocycles. The molecule has 1 fully saturated rings. The second-order valence-corrected chi connectivity index (χ2v) is 6.08. The molecule has 1 aliphatic heterocycles. The number of aromatic nitrogens is 3. The highest BCUT2D eigenvalue weighted by Gasteiger charge is 2.23. The number of carbonyl (C=O) groups excluding carboxylic acids is 1. The van der Waals surface area contributed by atoms with E-state index in [2.05, 4.69) is 29.1 Å². The molecule has 0 bridgehead atoms. The van der Waals surface area contributed by atoms with Crippen LogP contribution < -0.4 is 5.56 Å². The molecule has 0 spiro atoms. The van der Waals surface area contributed by atoms with Gasteiger partial charge in [0.2, 0.25) is 5.91 Å². The molecule has 0 atom stereocenters. The number of piperazine rings is 1. The molecule has 1 amide bonds. The number of amides is 1. The summed E-state index contributed by atoms with van der Waals surface area (Å²) < 4.78 is 1.15. The van der Waals surface area contributed by atoms with Gasteiger partial charge in [0.15, 0.2) is 0 Å². The highest BCUT2D eigenvalue weighted by molar-refractivity contribution is 5.78. The van der Waals surface area contributed by atoms with Gasteiger partial charge in [-0.2, -0.15) is 0 Å². The summed E-state index contributed by atoms with van der Waals surface area (Å²) >= 11 is 0. The quantitative estimate of drug-likeness (QED) is 0.817. The minimum atomic E-state index is -0.273. The Morgan fingerprint density at radius 1 is 1.17 bits per heavy atom. The molecule has 122 valence electrons. The van der Waals surface area contributed by atoms with E-state index in [0.717, 1.165) is 17.8 Å². The Kier molecular flexibility index (Phi) is 4.38. The van der Waals surface area contributed by atoms with Crippen molar-refractivity contribution >= 4 is 16.8 Å². The molecular weight excluding hydrogens is 294 g/mol. The SMILES string of the molecule is CC(C)N1CCN(C(=O)Cn2nnc3ccccc3c2=O)CC1. The van der Waals surface area contributed by atoms with E-state index >= 15 is 0 Å². The second-order valence-electron chi connectivity index (χ2n) is 6.08. The first-order valence-corrected chi connectivity index (χ1v) is 7.90. The molecule has 1 aromatic carbocycles. The van der Waals surface area contributed by atoms with Crippen molar-refractivity contribution in [1.29, 1.82) is 0 Å². The first-order chi connectivity index (χ1) is 11.1. The maximum absolute atomic E-state index is 12.4. The fourth-order valence-corrected chi connectivity index (χ4v) is 2.84. The van der Waals surface area contributed by atoms with Crippen LogP contribution in [0.25, 0.3) is 10.9 Å². The Balaban J connectivity index is 1.71. The van der Waals surface area contributed by atoms with E-state index in [9.17, 15) is 9.59 Å². The molecule has 0 radical (unpaired) electrons. The monoisotopic (exact) mass is 315 g/mol. The van der Waals surface area contributed by atoms with Crippen molar-refractivity contribution in [2.24, 2.45) is 0 Å². The van der Waals surface area contributed by atoms with Crippen molar-refractivity contribution in [1.82, 2.24) is 24.8 Å². The first kappa shape index (κ1) is 15.6. The van der Waals surface area contributed by atoms with E-state index < -0.39 is 0 Å². The predicted molar refractivity (Wildman–Crippen MR) is 87.1 cm³/mol. The van der Waals surface area contributed by atoms with E-state index in [1.54, 1.807) is 29.2 Å². The molecule has 0 N–H and O–H groups in total. The normalized spacial score (nSPS) is 16.2. The van der Waals surface area contributed by atoms with E-state index in [-0.39, 0.29) is 18.0 Å². The molecule has 0 unspecified atom stereocenters. The lowest BCUT2D eigenvalue weighted by molar-refractivity contribution is -0.134. The fourth-order valence-electron chi connectivity index (χ4n) is 2.84. The van der Waals surface area contributed by atoms with Crippen molar-refractivity contribution in [2.75, 3.05) is 26.2 Å². The maximum atomic E-state index is 12.4. The second kappa shape index (κ2) is 6.45. The first-order valence-electron chi connectivity index (χ1n) is 7.90. The van der Waals surface area contributed by atoms with Crippen LogP contribution in [0.3, 0.4) is 0 Å². The average Bonchev–Trinajstić information content (AvgIpc) is 2.57. The van der Waals surface area contributed by atoms with Gasteiger partial charge in [-0.3, -0.25) is 14.5 Å². The van der Waals surface area contributed by atoms with E-state index in [4.69, 9.17) is 0 Å². The summed E-state index contributed by atoms with van der Waals surface area (Å²) in [6, 6.07) is 7.51. The van der Waals surface area contributed by atoms with Gasteiger partial charge in [0, 0.05) is 32.2 Å². The molecule has 1 aromatic heterocycles. The third kappa shape index (κ3) is 3.24. The van der Waals surface area contributed by atoms with Crippen LogP contribution in [0.5, 0.6) is 0 Å². The van der Waals surface area contributed by atoms with Crippen LogP contribution in [-0.2, 0) is 11.3 Å². The van der Waals surface area contributed by atoms with Gasteiger partial charge in [0.25, 0.3) is 5.56 Å². The van der Waals surface area contributed by atoms with E-state index in [1.165, 1.54) is 0 Å². The Morgan fingerprint density at radius 3 is 2.57 bits per heavy atom. The highest BCUT2D eigenvalue weighted by Crippen LogP contribution is 2.07. The van der Waals surface area contributed by atoms with Crippen LogP contribution in [0.15, 0.2) is 29.1 Å². The number of hydrogen-bond donors (Lipinski definition) is 0. The standard InChI is InChI=1S/C16H21N5O2/c1-12(2)19-7-9-20(10-8-19)15(22)11-21-16(23)13-5-3-4-6-14(13)17-18-21/h3-6,12H,7-11H2,1-2H3. The van der Waals surface area contributed by atoms with Gasteiger partial charge < -0.3 is 4.90 Å². The van der Waals surface area contributed by atoms with Crippen LogP contribution >= 0.6 is 0 Å². The van der Waals surface area contributed by atoms with Crippen molar-refractivity contribution in [2.45, 2.75) is 26.4 Å². The minimum absolute atomic E-state index is 0.0572. The highest BCUT2D eigenvalue weighted by atomic mass is 16.2. The summed E-state index contributed by atoms with van der Waals surface area (Å²) in [4.78, 5) is 28.9. The Hall–Kier alpha value is -2.28. The number of nitrogens with zero attached hydrogens (tertiary/aromatic N) is 5. The lowest BCUT2D eigenvalue weighted by Gasteiger charge is -2.36. The van der Waals surface area contributed by atoms with Crippen molar-refractivity contribution in [3.8, 4) is 0 Å². The van der Waals surface area contributed by atoms with Crippen LogP contribution in [0.1, 0.15) is 13.8 Å². The molecule has 0 saturated carbocycles. The van der Waals surface area contributed by atoms with E-state index in [0.29, 0.717) is 30.0 Å². The summed E-state index contributed by atoms with van der Waals surface area (Å²) in [5.74, 6) is -0.0833. The fraction of sp³-hybridized carbons (Fsp3) is 0.500. The van der Waals surface area contributed by atoms with Gasteiger partial charge in [-0.15, -0.1) is 5.10 Å². The summed E-state index contributed by atoms with van der Waals surface area (Å²) in [6.45, 7) is 7.35. The summed E-state index contributed by atoms with van der Waals surface area (Å²) in [7, 11) is 0. The maximum Gasteiger partial charge on any atom is 0.278 e. The zero-order valence-electron chi connectivity index (χ0n) is 13.5. The van der Waals surface area contributed by atoms with Gasteiger partial charge in [0.05, 0.1) is 5.39 Å². The number of rotatable bonds is 3. The number of benzene rings is 1. The Bertz CT molecular complexity index is 762. The molecule has 1 saturated heterocycles. The van der Waals surface area contributed by atoms with Gasteiger partial charge in [-0.1, -0.05) is 17.3 Å². The summed E-state index contributed by atoms with van der Waals surface area (Å²) in [5, 5.41) is 8.38. The molecule has 1 aliphatic rings. The zero-order chi connectivity index (χ0) is 16.4. The van der Waals surface area contributed by atoms with Crippen LogP contribution in [0, 0.1) is 0 Å². The third-order valence-electron chi connectivity index (χ3n) is 4.31. The zero-order valence-corrected chi connectivity index (χ0v) is 13.5. The summed E-state index contributed by atoms with van der Waals surface area (Å²) in [5.41, 5.74) is 0.275. The Morgan fingerprint density at radius 2 is 1.87 bits per heavy atom. The predicted octanol–water partition coefficient (Wildman–Crippen LogP) is 0.344. The molecule has 23 heavy (non-hydrogen) atoms. The van der Waals surface area contributed by atoms with E-state index in [1.807, 2.05) is 0 Å². The van der Waals surface area contributed by atoms with Gasteiger partial charge in [-0.05, 0) is 26.0 Å². The van der Waals surface area contributed by atoms with Gasteiger partial charge >= 0.3 is 0 Å². The van der Waals surface area contributed by atoms with Crippen molar-refractivity contribution < 1.29 is 4.79 Å². The number of fused-ring (bicyclic) bond motifs is 1. The smallest absolute Gasteiger partial charge is 0.278 e. The topological polar surface area (TPSA) is 71.3 Å². The lowest BCUT2D eigenvalue weighted by atomic mass is 10.2. The average molecular weight is 315 g/mol. The molecule has 2 aromatic rings. The minimum Gasteiger partial charge on any atom is -0.339 e. The lowest BCUT2D eigenvalue weighted by Crippen LogP contribution is -2.51.